The molecule has 1 N–H and O–H groups in total. The fourth-order valence-electron chi connectivity index (χ4n) is 2.77. The molecule has 1 amide bonds. The van der Waals surface area contributed by atoms with Crippen molar-refractivity contribution in [1.82, 2.24) is 9.97 Å². The molecule has 2 aromatic heterocycles. The summed E-state index contributed by atoms with van der Waals surface area (Å²) >= 11 is 1.19. The van der Waals surface area contributed by atoms with E-state index in [4.69, 9.17) is 4.42 Å². The van der Waals surface area contributed by atoms with Crippen LogP contribution in [0.2, 0.25) is 0 Å². The van der Waals surface area contributed by atoms with Crippen molar-refractivity contribution >= 4 is 28.2 Å². The Morgan fingerprint density at radius 2 is 1.93 bits per heavy atom. The van der Waals surface area contributed by atoms with E-state index >= 15 is 0 Å². The van der Waals surface area contributed by atoms with Gasteiger partial charge in [-0.3, -0.25) is 9.59 Å². The predicted octanol–water partition coefficient (Wildman–Crippen LogP) is 5.00. The maximum absolute atomic E-state index is 12.2. The van der Waals surface area contributed by atoms with E-state index in [2.05, 4.69) is 41.3 Å². The van der Waals surface area contributed by atoms with E-state index in [9.17, 15) is 9.59 Å². The van der Waals surface area contributed by atoms with Gasteiger partial charge in [-0.05, 0) is 18.4 Å². The van der Waals surface area contributed by atoms with Crippen LogP contribution in [0.3, 0.4) is 0 Å². The first-order chi connectivity index (χ1) is 13.3. The maximum Gasteiger partial charge on any atom is 0.226 e. The highest BCUT2D eigenvalue weighted by Gasteiger charge is 2.14. The first kappa shape index (κ1) is 19.9. The summed E-state index contributed by atoms with van der Waals surface area (Å²) in [4.78, 5) is 32.7. The van der Waals surface area contributed by atoms with Gasteiger partial charge in [-0.1, -0.05) is 49.4 Å². The molecule has 28 heavy (non-hydrogen) atoms. The van der Waals surface area contributed by atoms with E-state index < -0.39 is 0 Å². The number of anilines is 1. The summed E-state index contributed by atoms with van der Waals surface area (Å²) in [5.74, 6) is 1.44. The number of amides is 1. The van der Waals surface area contributed by atoms with Gasteiger partial charge in [0.2, 0.25) is 5.91 Å². The van der Waals surface area contributed by atoms with Crippen LogP contribution in [0.5, 0.6) is 0 Å². The minimum absolute atomic E-state index is 0.0516. The predicted molar refractivity (Wildman–Crippen MR) is 110 cm³/mol. The van der Waals surface area contributed by atoms with E-state index in [0.29, 0.717) is 39.7 Å². The molecule has 1 aromatic carbocycles. The van der Waals surface area contributed by atoms with Crippen LogP contribution in [0.25, 0.3) is 11.3 Å². The van der Waals surface area contributed by atoms with Gasteiger partial charge in [0, 0.05) is 25.3 Å². The van der Waals surface area contributed by atoms with Crippen molar-refractivity contribution < 1.29 is 14.0 Å². The standard InChI is InChI=1S/C21H23N3O3S/c1-12(2)15-5-7-16(8-6-15)17-11-22-19(27-17)10-9-18(26)24-21-23-13(3)20(28-21)14(4)25/h5-8,11-12H,9-10H2,1-4H3,(H,23,24,26). The molecule has 6 nitrogen and oxygen atoms in total. The number of rotatable bonds is 7. The molecule has 7 heteroatoms. The van der Waals surface area contributed by atoms with Gasteiger partial charge in [0.05, 0.1) is 16.8 Å². The number of carbonyl (C=O) groups is 2. The molecule has 0 atom stereocenters. The van der Waals surface area contributed by atoms with Crippen LogP contribution in [0.15, 0.2) is 34.9 Å². The van der Waals surface area contributed by atoms with Crippen molar-refractivity contribution in [3.05, 3.63) is 52.5 Å². The number of Topliss-reactive ketones (excluding diaryl/α,β-unsaturated/α-hetero) is 1. The molecule has 0 radical (unpaired) electrons. The molecule has 0 aliphatic rings. The number of benzene rings is 1. The van der Waals surface area contributed by atoms with Gasteiger partial charge >= 0.3 is 0 Å². The van der Waals surface area contributed by atoms with Crippen molar-refractivity contribution in [1.29, 1.82) is 0 Å². The van der Waals surface area contributed by atoms with Crippen LogP contribution in [0.1, 0.15) is 59.9 Å². The lowest BCUT2D eigenvalue weighted by Crippen LogP contribution is -2.12. The van der Waals surface area contributed by atoms with Gasteiger partial charge in [0.15, 0.2) is 22.6 Å². The molecule has 0 aliphatic carbocycles. The summed E-state index contributed by atoms with van der Waals surface area (Å²) in [6.07, 6.45) is 2.29. The van der Waals surface area contributed by atoms with Crippen molar-refractivity contribution in [2.24, 2.45) is 0 Å². The van der Waals surface area contributed by atoms with Crippen LogP contribution in [-0.4, -0.2) is 21.7 Å². The topological polar surface area (TPSA) is 85.1 Å². The van der Waals surface area contributed by atoms with Crippen LogP contribution in [-0.2, 0) is 11.2 Å². The molecule has 0 spiro atoms. The number of hydrogen-bond acceptors (Lipinski definition) is 6. The molecule has 0 bridgehead atoms. The Morgan fingerprint density at radius 3 is 2.54 bits per heavy atom. The van der Waals surface area contributed by atoms with Gasteiger partial charge in [-0.2, -0.15) is 0 Å². The SMILES string of the molecule is CC(=O)c1sc(NC(=O)CCc2ncc(-c3ccc(C(C)C)cc3)o2)nc1C. The van der Waals surface area contributed by atoms with Crippen LogP contribution >= 0.6 is 11.3 Å². The highest BCUT2D eigenvalue weighted by atomic mass is 32.1. The second-order valence-corrected chi connectivity index (χ2v) is 7.93. The third-order valence-electron chi connectivity index (χ3n) is 4.34. The Morgan fingerprint density at radius 1 is 1.21 bits per heavy atom. The molecule has 146 valence electrons. The lowest BCUT2D eigenvalue weighted by molar-refractivity contribution is -0.116. The van der Waals surface area contributed by atoms with Crippen LogP contribution < -0.4 is 5.32 Å². The van der Waals surface area contributed by atoms with E-state index in [1.165, 1.54) is 23.8 Å². The number of thiazole rings is 1. The number of aromatic nitrogens is 2. The highest BCUT2D eigenvalue weighted by Crippen LogP contribution is 2.25. The summed E-state index contributed by atoms with van der Waals surface area (Å²) in [6, 6.07) is 8.20. The Labute approximate surface area is 168 Å². The second-order valence-electron chi connectivity index (χ2n) is 6.93. The van der Waals surface area contributed by atoms with E-state index in [1.807, 2.05) is 12.1 Å². The number of nitrogens with one attached hydrogen (secondary N) is 1. The normalized spacial score (nSPS) is 11.0. The Kier molecular flexibility index (Phi) is 6.04. The number of aryl methyl sites for hydroxylation is 2. The van der Waals surface area contributed by atoms with Crippen LogP contribution in [0.4, 0.5) is 5.13 Å². The smallest absolute Gasteiger partial charge is 0.226 e. The zero-order valence-corrected chi connectivity index (χ0v) is 17.2. The number of nitrogens with zero attached hydrogens (tertiary/aromatic N) is 2. The number of ketones is 1. The van der Waals surface area contributed by atoms with E-state index in [0.717, 1.165) is 5.56 Å². The summed E-state index contributed by atoms with van der Waals surface area (Å²) in [7, 11) is 0. The number of hydrogen-bond donors (Lipinski definition) is 1. The first-order valence-electron chi connectivity index (χ1n) is 9.16. The zero-order valence-electron chi connectivity index (χ0n) is 16.4. The largest absolute Gasteiger partial charge is 0.441 e. The van der Waals surface area contributed by atoms with Crippen LogP contribution in [0, 0.1) is 6.92 Å². The lowest BCUT2D eigenvalue weighted by Gasteiger charge is -2.05. The fourth-order valence-corrected chi connectivity index (χ4v) is 3.65. The molecule has 0 aliphatic heterocycles. The summed E-state index contributed by atoms with van der Waals surface area (Å²) in [6.45, 7) is 7.55. The molecular formula is C21H23N3O3S. The van der Waals surface area contributed by atoms with Crippen molar-refractivity contribution in [3.63, 3.8) is 0 Å². The molecule has 2 heterocycles. The minimum atomic E-state index is -0.190. The molecule has 3 rings (SSSR count). The summed E-state index contributed by atoms with van der Waals surface area (Å²) in [5, 5.41) is 3.17. The first-order valence-corrected chi connectivity index (χ1v) is 9.98. The summed E-state index contributed by atoms with van der Waals surface area (Å²) in [5.41, 5.74) is 2.86. The molecule has 0 fully saturated rings. The fraction of sp³-hybridized carbons (Fsp3) is 0.333. The molecular weight excluding hydrogens is 374 g/mol. The quantitative estimate of drug-likeness (QED) is 0.567. The van der Waals surface area contributed by atoms with Crippen molar-refractivity contribution in [3.8, 4) is 11.3 Å². The zero-order chi connectivity index (χ0) is 20.3. The van der Waals surface area contributed by atoms with E-state index in [-0.39, 0.29) is 18.1 Å². The minimum Gasteiger partial charge on any atom is -0.441 e. The summed E-state index contributed by atoms with van der Waals surface area (Å²) < 4.78 is 5.78. The van der Waals surface area contributed by atoms with Gasteiger partial charge in [0.25, 0.3) is 0 Å². The number of oxazole rings is 1. The monoisotopic (exact) mass is 397 g/mol. The Hall–Kier alpha value is -2.80. The van der Waals surface area contributed by atoms with Gasteiger partial charge in [-0.25, -0.2) is 9.97 Å². The second kappa shape index (κ2) is 8.48. The lowest BCUT2D eigenvalue weighted by atomic mass is 10.0. The molecule has 3 aromatic rings. The van der Waals surface area contributed by atoms with E-state index in [1.54, 1.807) is 13.1 Å². The highest BCUT2D eigenvalue weighted by molar-refractivity contribution is 7.17. The van der Waals surface area contributed by atoms with Gasteiger partial charge in [0.1, 0.15) is 0 Å². The third kappa shape index (κ3) is 4.72. The number of carbonyl (C=O) groups excluding carboxylic acids is 2. The molecule has 0 saturated heterocycles. The average Bonchev–Trinajstić information content (AvgIpc) is 3.26. The maximum atomic E-state index is 12.2. The van der Waals surface area contributed by atoms with Crippen molar-refractivity contribution in [2.45, 2.75) is 46.5 Å². The van der Waals surface area contributed by atoms with Gasteiger partial charge in [-0.15, -0.1) is 0 Å². The molecule has 0 saturated carbocycles. The molecule has 0 unspecified atom stereocenters. The van der Waals surface area contributed by atoms with Crippen molar-refractivity contribution in [2.75, 3.05) is 5.32 Å². The average molecular weight is 398 g/mol. The third-order valence-corrected chi connectivity index (χ3v) is 5.52. The Balaban J connectivity index is 1.57. The Bertz CT molecular complexity index is 987. The van der Waals surface area contributed by atoms with Gasteiger partial charge < -0.3 is 9.73 Å².